The third-order valence-electron chi connectivity index (χ3n) is 5.66. The van der Waals surface area contributed by atoms with Crippen LogP contribution < -0.4 is 15.1 Å². The van der Waals surface area contributed by atoms with Crippen molar-refractivity contribution in [3.63, 3.8) is 0 Å². The molecule has 1 unspecified atom stereocenters. The molecule has 170 valence electrons. The van der Waals surface area contributed by atoms with Crippen LogP contribution in [0.15, 0.2) is 30.9 Å². The Labute approximate surface area is 182 Å². The monoisotopic (exact) mass is 448 g/mol. The van der Waals surface area contributed by atoms with Crippen LogP contribution in [0.4, 0.5) is 30.8 Å². The average molecular weight is 448 g/mol. The third-order valence-corrected chi connectivity index (χ3v) is 5.66. The standard InChI is InChI=1S/C20H23F3N8O/c21-20(22,23)15-13-31-7-5-24-17(18(31)27-15)30-6-1-2-14(12-30)26-16-3-4-25-19(28-16)29-8-10-32-11-9-29/h3-5,7,13-14H,1-2,6,8-12H2,(H,25,26,28). The summed E-state index contributed by atoms with van der Waals surface area (Å²) in [4.78, 5) is 21.2. The molecular weight excluding hydrogens is 425 g/mol. The number of hydrogen-bond donors (Lipinski definition) is 1. The SMILES string of the molecule is FC(F)(F)c1cn2ccnc(N3CCCC(Nc4ccnc(N5CCOCC5)n4)C3)c2n1. The predicted molar refractivity (Wildman–Crippen MR) is 112 cm³/mol. The molecule has 2 saturated heterocycles. The molecule has 2 aliphatic rings. The van der Waals surface area contributed by atoms with Crippen LogP contribution in [-0.2, 0) is 10.9 Å². The van der Waals surface area contributed by atoms with E-state index in [0.717, 1.165) is 37.9 Å². The van der Waals surface area contributed by atoms with Crippen LogP contribution in [0.5, 0.6) is 0 Å². The normalized spacial score (nSPS) is 20.0. The van der Waals surface area contributed by atoms with Gasteiger partial charge in [-0.25, -0.2) is 15.0 Å². The maximum Gasteiger partial charge on any atom is 0.434 e. The highest BCUT2D eigenvalue weighted by Gasteiger charge is 2.35. The lowest BCUT2D eigenvalue weighted by Gasteiger charge is -2.34. The van der Waals surface area contributed by atoms with Gasteiger partial charge in [0.15, 0.2) is 17.2 Å². The summed E-state index contributed by atoms with van der Waals surface area (Å²) in [5, 5.41) is 3.45. The topological polar surface area (TPSA) is 83.7 Å². The van der Waals surface area contributed by atoms with Gasteiger partial charge in [0.05, 0.1) is 13.2 Å². The second-order valence-electron chi connectivity index (χ2n) is 7.88. The van der Waals surface area contributed by atoms with E-state index in [1.807, 2.05) is 11.0 Å². The molecule has 0 aliphatic carbocycles. The van der Waals surface area contributed by atoms with E-state index < -0.39 is 11.9 Å². The quantitative estimate of drug-likeness (QED) is 0.652. The first-order chi connectivity index (χ1) is 15.5. The molecule has 0 aromatic carbocycles. The van der Waals surface area contributed by atoms with Gasteiger partial charge in [-0.05, 0) is 18.9 Å². The van der Waals surface area contributed by atoms with E-state index >= 15 is 0 Å². The van der Waals surface area contributed by atoms with E-state index in [1.54, 1.807) is 6.20 Å². The molecule has 3 aromatic heterocycles. The molecule has 9 nitrogen and oxygen atoms in total. The minimum absolute atomic E-state index is 0.0651. The minimum Gasteiger partial charge on any atom is -0.378 e. The van der Waals surface area contributed by atoms with Gasteiger partial charge in [-0.3, -0.25) is 0 Å². The van der Waals surface area contributed by atoms with Crippen LogP contribution >= 0.6 is 0 Å². The van der Waals surface area contributed by atoms with Gasteiger partial charge in [-0.1, -0.05) is 0 Å². The Hall–Kier alpha value is -3.15. The number of morpholine rings is 1. The summed E-state index contributed by atoms with van der Waals surface area (Å²) in [7, 11) is 0. The Kier molecular flexibility index (Phi) is 5.45. The molecule has 0 spiro atoms. The lowest BCUT2D eigenvalue weighted by molar-refractivity contribution is -0.140. The predicted octanol–water partition coefficient (Wildman–Crippen LogP) is 2.46. The maximum atomic E-state index is 13.1. The van der Waals surface area contributed by atoms with Crippen LogP contribution in [0.3, 0.4) is 0 Å². The van der Waals surface area contributed by atoms with Crippen LogP contribution in [0.2, 0.25) is 0 Å². The first kappa shape index (κ1) is 20.7. The van der Waals surface area contributed by atoms with Gasteiger partial charge in [0.25, 0.3) is 0 Å². The number of nitrogens with one attached hydrogen (secondary N) is 1. The number of hydrogen-bond acceptors (Lipinski definition) is 8. The lowest BCUT2D eigenvalue weighted by atomic mass is 10.1. The van der Waals surface area contributed by atoms with Gasteiger partial charge in [0.2, 0.25) is 5.95 Å². The Morgan fingerprint density at radius 2 is 1.88 bits per heavy atom. The zero-order valence-corrected chi connectivity index (χ0v) is 17.3. The fraction of sp³-hybridized carbons (Fsp3) is 0.500. The van der Waals surface area contributed by atoms with Crippen molar-refractivity contribution < 1.29 is 17.9 Å². The van der Waals surface area contributed by atoms with Gasteiger partial charge in [-0.2, -0.15) is 18.2 Å². The van der Waals surface area contributed by atoms with E-state index in [1.165, 1.54) is 16.8 Å². The van der Waals surface area contributed by atoms with Gasteiger partial charge in [0.1, 0.15) is 5.82 Å². The number of piperidine rings is 1. The van der Waals surface area contributed by atoms with Crippen molar-refractivity contribution in [1.82, 2.24) is 24.3 Å². The summed E-state index contributed by atoms with van der Waals surface area (Å²) < 4.78 is 46.1. The van der Waals surface area contributed by atoms with Crippen LogP contribution in [-0.4, -0.2) is 69.8 Å². The van der Waals surface area contributed by atoms with Crippen molar-refractivity contribution >= 4 is 23.2 Å². The van der Waals surface area contributed by atoms with E-state index in [0.29, 0.717) is 38.1 Å². The third kappa shape index (κ3) is 4.27. The number of halogens is 3. The molecule has 5 rings (SSSR count). The van der Waals surface area contributed by atoms with E-state index in [4.69, 9.17) is 4.74 Å². The second kappa shape index (κ2) is 8.41. The Bertz CT molecular complexity index is 1080. The number of anilines is 3. The van der Waals surface area contributed by atoms with Gasteiger partial charge in [-0.15, -0.1) is 0 Å². The zero-order valence-electron chi connectivity index (χ0n) is 17.3. The largest absolute Gasteiger partial charge is 0.434 e. The molecule has 12 heteroatoms. The molecule has 5 heterocycles. The van der Waals surface area contributed by atoms with E-state index in [-0.39, 0.29) is 11.7 Å². The van der Waals surface area contributed by atoms with Crippen molar-refractivity contribution in [3.05, 3.63) is 36.5 Å². The van der Waals surface area contributed by atoms with E-state index in [2.05, 4.69) is 30.2 Å². The first-order valence-electron chi connectivity index (χ1n) is 10.6. The number of rotatable bonds is 4. The zero-order chi connectivity index (χ0) is 22.1. The number of aromatic nitrogens is 5. The Morgan fingerprint density at radius 1 is 1.03 bits per heavy atom. The van der Waals surface area contributed by atoms with E-state index in [9.17, 15) is 13.2 Å². The number of nitrogens with zero attached hydrogens (tertiary/aromatic N) is 7. The summed E-state index contributed by atoms with van der Waals surface area (Å²) in [5.41, 5.74) is -0.716. The molecule has 0 amide bonds. The first-order valence-corrected chi connectivity index (χ1v) is 10.6. The van der Waals surface area contributed by atoms with Crippen LogP contribution in [0, 0.1) is 0 Å². The Morgan fingerprint density at radius 3 is 2.69 bits per heavy atom. The minimum atomic E-state index is -4.50. The van der Waals surface area contributed by atoms with Crippen molar-refractivity contribution in [2.24, 2.45) is 0 Å². The lowest BCUT2D eigenvalue weighted by Crippen LogP contribution is -2.43. The van der Waals surface area contributed by atoms with Crippen molar-refractivity contribution in [1.29, 1.82) is 0 Å². The van der Waals surface area contributed by atoms with Crippen LogP contribution in [0.1, 0.15) is 18.5 Å². The summed E-state index contributed by atoms with van der Waals surface area (Å²) in [6.07, 6.45) is 2.99. The van der Waals surface area contributed by atoms with Gasteiger partial charge in [0, 0.05) is 57.0 Å². The second-order valence-corrected chi connectivity index (χ2v) is 7.88. The number of imidazole rings is 1. The number of ether oxygens (including phenoxy) is 1. The molecule has 0 saturated carbocycles. The fourth-order valence-electron chi connectivity index (χ4n) is 4.11. The number of alkyl halides is 3. The molecule has 1 atom stereocenters. The van der Waals surface area contributed by atoms with Crippen molar-refractivity contribution in [2.75, 3.05) is 54.5 Å². The van der Waals surface area contributed by atoms with Gasteiger partial charge >= 0.3 is 6.18 Å². The molecule has 0 bridgehead atoms. The Balaban J connectivity index is 1.33. The highest BCUT2D eigenvalue weighted by Crippen LogP contribution is 2.31. The molecule has 3 aromatic rings. The summed E-state index contributed by atoms with van der Waals surface area (Å²) in [5.74, 6) is 1.83. The van der Waals surface area contributed by atoms with Crippen molar-refractivity contribution in [2.45, 2.75) is 25.1 Å². The molecule has 1 N–H and O–H groups in total. The molecule has 2 fully saturated rings. The molecule has 0 radical (unpaired) electrons. The maximum absolute atomic E-state index is 13.1. The summed E-state index contributed by atoms with van der Waals surface area (Å²) >= 11 is 0. The van der Waals surface area contributed by atoms with Crippen LogP contribution in [0.25, 0.3) is 5.65 Å². The summed E-state index contributed by atoms with van der Waals surface area (Å²) in [6, 6.07) is 1.89. The molecular formula is C20H23F3N8O. The summed E-state index contributed by atoms with van der Waals surface area (Å²) in [6.45, 7) is 4.09. The number of fused-ring (bicyclic) bond motifs is 1. The molecule has 32 heavy (non-hydrogen) atoms. The highest BCUT2D eigenvalue weighted by molar-refractivity contribution is 5.65. The average Bonchev–Trinajstić information content (AvgIpc) is 3.25. The van der Waals surface area contributed by atoms with Crippen molar-refractivity contribution in [3.8, 4) is 0 Å². The fourth-order valence-corrected chi connectivity index (χ4v) is 4.11. The van der Waals surface area contributed by atoms with Gasteiger partial charge < -0.3 is 24.3 Å². The smallest absolute Gasteiger partial charge is 0.378 e. The highest BCUT2D eigenvalue weighted by atomic mass is 19.4. The molecule has 2 aliphatic heterocycles.